The molecule has 0 bridgehead atoms. The molecule has 0 aliphatic carbocycles. The van der Waals surface area contributed by atoms with Gasteiger partial charge < -0.3 is 4.90 Å². The zero-order valence-corrected chi connectivity index (χ0v) is 28.3. The van der Waals surface area contributed by atoms with E-state index in [1.165, 1.54) is 0 Å². The van der Waals surface area contributed by atoms with Crippen LogP contribution in [-0.2, 0) is 0 Å². The number of para-hydroxylation sites is 1. The van der Waals surface area contributed by atoms with E-state index in [1.54, 1.807) is 4.90 Å². The van der Waals surface area contributed by atoms with Crippen LogP contribution in [0.5, 0.6) is 0 Å². The molecule has 0 radical (unpaired) electrons. The molecular formula is C52H37N. The molecule has 9 rings (SSSR count). The van der Waals surface area contributed by atoms with Crippen molar-refractivity contribution in [3.05, 3.63) is 224 Å². The van der Waals surface area contributed by atoms with E-state index in [1.807, 2.05) is 140 Å². The fraction of sp³-hybridized carbons (Fsp3) is 0. The monoisotopic (exact) mass is 688 g/mol. The van der Waals surface area contributed by atoms with Gasteiger partial charge in [0.25, 0.3) is 0 Å². The van der Waals surface area contributed by atoms with Crippen LogP contribution in [0.2, 0.25) is 0 Å². The zero-order chi connectivity index (χ0) is 46.7. The quantitative estimate of drug-likeness (QED) is 0.154. The molecule has 1 heteroatoms. The second kappa shape index (κ2) is 14.3. The smallest absolute Gasteiger partial charge is 0.0645 e. The van der Waals surface area contributed by atoms with Crippen LogP contribution < -0.4 is 4.90 Å². The minimum Gasteiger partial charge on any atom is -0.310 e. The highest BCUT2D eigenvalue weighted by atomic mass is 15.1. The Labute approximate surface area is 330 Å². The summed E-state index contributed by atoms with van der Waals surface area (Å²) < 4.78 is 116. The average Bonchev–Trinajstić information content (AvgIpc) is 3.35. The number of anilines is 3. The van der Waals surface area contributed by atoms with E-state index in [9.17, 15) is 5.48 Å². The van der Waals surface area contributed by atoms with E-state index in [2.05, 4.69) is 6.07 Å². The largest absolute Gasteiger partial charge is 0.310 e. The maximum Gasteiger partial charge on any atom is 0.0645 e. The maximum atomic E-state index is 9.65. The Morgan fingerprint density at radius 2 is 0.830 bits per heavy atom. The molecule has 0 heterocycles. The standard InChI is InChI=1S/C52H37N/c1-3-12-38(13-4-1)41-22-24-43(25-23-41)44-32-34-49(35-33-44)53(50-19-11-18-47(37-50)48-31-28-40-16-7-8-17-46(40)36-48)52-21-10-9-20-51(52)45-29-26-42(27-30-45)39-14-5-2-6-15-39/h1-37H/i1D,3D,4D,12D,13D,22D,23D,24D,25D,32D,33D,34D,35D. The molecule has 250 valence electrons. The van der Waals surface area contributed by atoms with Crippen molar-refractivity contribution in [1.82, 2.24) is 0 Å². The number of rotatable bonds is 8. The predicted octanol–water partition coefficient (Wildman–Crippen LogP) is 14.6. The Morgan fingerprint density at radius 1 is 0.302 bits per heavy atom. The highest BCUT2D eigenvalue weighted by Crippen LogP contribution is 2.43. The van der Waals surface area contributed by atoms with E-state index in [0.29, 0.717) is 11.4 Å². The van der Waals surface area contributed by atoms with Crippen LogP contribution in [0.3, 0.4) is 0 Å². The average molecular weight is 689 g/mol. The van der Waals surface area contributed by atoms with Crippen LogP contribution in [0.15, 0.2) is 224 Å². The first-order chi connectivity index (χ1) is 31.7. The minimum atomic E-state index is -0.773. The van der Waals surface area contributed by atoms with Gasteiger partial charge in [-0.15, -0.1) is 0 Å². The van der Waals surface area contributed by atoms with Gasteiger partial charge in [-0.2, -0.15) is 0 Å². The van der Waals surface area contributed by atoms with Crippen LogP contribution >= 0.6 is 0 Å². The van der Waals surface area contributed by atoms with Gasteiger partial charge in [0.05, 0.1) is 23.5 Å². The van der Waals surface area contributed by atoms with E-state index in [-0.39, 0.29) is 5.69 Å². The third-order valence-corrected chi connectivity index (χ3v) is 9.10. The van der Waals surface area contributed by atoms with Gasteiger partial charge in [0.1, 0.15) is 0 Å². The molecule has 53 heavy (non-hydrogen) atoms. The van der Waals surface area contributed by atoms with E-state index in [4.69, 9.17) is 12.3 Å². The van der Waals surface area contributed by atoms with Crippen molar-refractivity contribution in [2.75, 3.05) is 4.90 Å². The fourth-order valence-corrected chi connectivity index (χ4v) is 6.45. The van der Waals surface area contributed by atoms with Crippen molar-refractivity contribution in [2.45, 2.75) is 0 Å². The summed E-state index contributed by atoms with van der Waals surface area (Å²) in [6.45, 7) is 0. The lowest BCUT2D eigenvalue weighted by Crippen LogP contribution is -2.11. The molecule has 0 saturated carbocycles. The van der Waals surface area contributed by atoms with Crippen LogP contribution in [-0.4, -0.2) is 0 Å². The molecule has 0 amide bonds. The highest BCUT2D eigenvalue weighted by molar-refractivity contribution is 5.91. The Balaban J connectivity index is 1.26. The SMILES string of the molecule is [2H]c1c([2H])c([2H])c(-c2c([2H])c([2H])c(-c3c([2H])c([2H])c(N(c4cccc(-c5ccc6ccccc6c5)c4)c4ccccc4-c4ccc(-c5ccccc5)cc4)c([2H])c3[2H])c([2H])c2[2H])c([2H])c1[2H]. The number of nitrogens with zero attached hydrogens (tertiary/aromatic N) is 1. The lowest BCUT2D eigenvalue weighted by atomic mass is 9.97. The molecule has 0 N–H and O–H groups in total. The highest BCUT2D eigenvalue weighted by Gasteiger charge is 2.18. The number of fused-ring (bicyclic) bond motifs is 1. The molecule has 0 unspecified atom stereocenters. The third-order valence-electron chi connectivity index (χ3n) is 9.10. The summed E-state index contributed by atoms with van der Waals surface area (Å²) in [4.78, 5) is 1.67. The van der Waals surface area contributed by atoms with Crippen LogP contribution in [0.25, 0.3) is 66.4 Å². The predicted molar refractivity (Wildman–Crippen MR) is 226 cm³/mol. The lowest BCUT2D eigenvalue weighted by Gasteiger charge is -2.28. The number of hydrogen-bond donors (Lipinski definition) is 0. The molecule has 0 aliphatic rings. The summed E-state index contributed by atoms with van der Waals surface area (Å²) >= 11 is 0. The minimum absolute atomic E-state index is 0.135. The molecule has 0 aliphatic heterocycles. The van der Waals surface area contributed by atoms with Gasteiger partial charge >= 0.3 is 0 Å². The summed E-state index contributed by atoms with van der Waals surface area (Å²) in [7, 11) is 0. The van der Waals surface area contributed by atoms with Crippen molar-refractivity contribution in [3.63, 3.8) is 0 Å². The Bertz CT molecular complexity index is 3320. The van der Waals surface area contributed by atoms with Crippen molar-refractivity contribution in [1.29, 1.82) is 0 Å². The molecule has 0 saturated heterocycles. The Hall–Kier alpha value is -6.96. The van der Waals surface area contributed by atoms with Crippen LogP contribution in [0.1, 0.15) is 17.8 Å². The first-order valence-corrected chi connectivity index (χ1v) is 17.1. The zero-order valence-electron chi connectivity index (χ0n) is 41.3. The molecule has 9 aromatic rings. The van der Waals surface area contributed by atoms with Crippen molar-refractivity contribution < 1.29 is 17.8 Å². The molecular weight excluding hydrogens is 639 g/mol. The third kappa shape index (κ3) is 6.65. The summed E-state index contributed by atoms with van der Waals surface area (Å²) in [5.74, 6) is 0. The first-order valence-electron chi connectivity index (χ1n) is 23.6. The molecule has 1 nitrogen and oxygen atoms in total. The van der Waals surface area contributed by atoms with E-state index in [0.717, 1.165) is 44.2 Å². The summed E-state index contributed by atoms with van der Waals surface area (Å²) in [5, 5.41) is 2.10. The van der Waals surface area contributed by atoms with Gasteiger partial charge in [-0.3, -0.25) is 0 Å². The fourth-order valence-electron chi connectivity index (χ4n) is 6.45. The number of hydrogen-bond acceptors (Lipinski definition) is 1. The second-order valence-corrected chi connectivity index (χ2v) is 12.4. The molecule has 0 fully saturated rings. The maximum absolute atomic E-state index is 9.65. The van der Waals surface area contributed by atoms with Crippen molar-refractivity contribution in [3.8, 4) is 55.6 Å². The van der Waals surface area contributed by atoms with Crippen LogP contribution in [0.4, 0.5) is 17.1 Å². The van der Waals surface area contributed by atoms with Crippen molar-refractivity contribution in [2.24, 2.45) is 0 Å². The number of benzene rings is 9. The Kier molecular flexibility index (Phi) is 5.62. The van der Waals surface area contributed by atoms with Gasteiger partial charge in [-0.1, -0.05) is 188 Å². The Morgan fingerprint density at radius 3 is 1.57 bits per heavy atom. The van der Waals surface area contributed by atoms with Crippen LogP contribution in [0, 0.1) is 0 Å². The second-order valence-electron chi connectivity index (χ2n) is 12.4. The van der Waals surface area contributed by atoms with Gasteiger partial charge in [-0.25, -0.2) is 0 Å². The van der Waals surface area contributed by atoms with Crippen molar-refractivity contribution >= 4 is 27.8 Å². The lowest BCUT2D eigenvalue weighted by molar-refractivity contribution is 1.28. The summed E-state index contributed by atoms with van der Waals surface area (Å²) in [5.41, 5.74) is 4.10. The summed E-state index contributed by atoms with van der Waals surface area (Å²) in [6, 6.07) is 38.1. The molecule has 0 aromatic heterocycles. The molecule has 0 atom stereocenters. The van der Waals surface area contributed by atoms with Gasteiger partial charge in [0.15, 0.2) is 0 Å². The van der Waals surface area contributed by atoms with Gasteiger partial charge in [0.2, 0.25) is 0 Å². The summed E-state index contributed by atoms with van der Waals surface area (Å²) in [6.07, 6.45) is 0. The van der Waals surface area contributed by atoms with E-state index < -0.39 is 101 Å². The van der Waals surface area contributed by atoms with Gasteiger partial charge in [0, 0.05) is 16.9 Å². The van der Waals surface area contributed by atoms with Gasteiger partial charge in [-0.05, 0) is 97.2 Å². The molecule has 0 spiro atoms. The van der Waals surface area contributed by atoms with E-state index >= 15 is 0 Å². The topological polar surface area (TPSA) is 3.24 Å². The molecule has 9 aromatic carbocycles. The normalized spacial score (nSPS) is 14.5. The first kappa shape index (κ1) is 20.8.